The molecule has 9 atom stereocenters. The van der Waals surface area contributed by atoms with Crippen LogP contribution in [0.15, 0.2) is 0 Å². The highest BCUT2D eigenvalue weighted by atomic mass is 16.7. The fraction of sp³-hybridized carbons (Fsp3) is 0.857. The van der Waals surface area contributed by atoms with Crippen molar-refractivity contribution < 1.29 is 33.4 Å². The van der Waals surface area contributed by atoms with Crippen molar-refractivity contribution in [1.29, 1.82) is 0 Å². The Bertz CT molecular complexity index is 867. The standard InChI is InChI=1S/C28H42O7/c1-6-34-26(32)35-18-11-12-27(3)17(13-18)14-22(29)25-20-9-8-19(16(2)7-10-24(31)33-5)28(20,4)23(30)15-21(25)27/h16-21,25H,6-15H2,1-5H3. The Kier molecular flexibility index (Phi) is 7.36. The fourth-order valence-electron chi connectivity index (χ4n) is 8.60. The molecule has 0 saturated heterocycles. The van der Waals surface area contributed by atoms with E-state index in [2.05, 4.69) is 20.8 Å². The predicted molar refractivity (Wildman–Crippen MR) is 128 cm³/mol. The number of rotatable bonds is 6. The Morgan fingerprint density at radius 1 is 1.09 bits per heavy atom. The molecule has 4 saturated carbocycles. The van der Waals surface area contributed by atoms with E-state index in [-0.39, 0.29) is 59.6 Å². The van der Waals surface area contributed by atoms with E-state index in [1.54, 1.807) is 6.92 Å². The summed E-state index contributed by atoms with van der Waals surface area (Å²) in [6.07, 6.45) is 5.25. The van der Waals surface area contributed by atoms with E-state index < -0.39 is 11.6 Å². The average molecular weight is 491 g/mol. The second-order valence-electron chi connectivity index (χ2n) is 12.0. The summed E-state index contributed by atoms with van der Waals surface area (Å²) in [6.45, 7) is 8.55. The van der Waals surface area contributed by atoms with E-state index in [0.29, 0.717) is 43.7 Å². The molecule has 7 nitrogen and oxygen atoms in total. The smallest absolute Gasteiger partial charge is 0.469 e. The first-order chi connectivity index (χ1) is 16.6. The van der Waals surface area contributed by atoms with E-state index in [9.17, 15) is 19.2 Å². The minimum Gasteiger partial charge on any atom is -0.469 e. The topological polar surface area (TPSA) is 96.0 Å². The summed E-state index contributed by atoms with van der Waals surface area (Å²) in [7, 11) is 1.41. The van der Waals surface area contributed by atoms with Crippen LogP contribution in [0.4, 0.5) is 4.79 Å². The van der Waals surface area contributed by atoms with Crippen LogP contribution in [0.3, 0.4) is 0 Å². The van der Waals surface area contributed by atoms with E-state index in [0.717, 1.165) is 25.7 Å². The molecule has 35 heavy (non-hydrogen) atoms. The third kappa shape index (κ3) is 4.42. The van der Waals surface area contributed by atoms with Crippen LogP contribution in [-0.4, -0.2) is 43.5 Å². The molecule has 0 radical (unpaired) electrons. The number of Topliss-reactive ketones (excluding diaryl/α,β-unsaturated/α-hetero) is 2. The van der Waals surface area contributed by atoms with Crippen LogP contribution in [0.5, 0.6) is 0 Å². The van der Waals surface area contributed by atoms with Crippen molar-refractivity contribution in [1.82, 2.24) is 0 Å². The van der Waals surface area contributed by atoms with Crippen LogP contribution < -0.4 is 0 Å². The van der Waals surface area contributed by atoms with Crippen LogP contribution in [0.1, 0.15) is 85.5 Å². The molecule has 7 heteroatoms. The van der Waals surface area contributed by atoms with Gasteiger partial charge in [0, 0.05) is 30.6 Å². The quantitative estimate of drug-likeness (QED) is 0.476. The summed E-state index contributed by atoms with van der Waals surface area (Å²) in [6, 6.07) is 0. The number of hydrogen-bond donors (Lipinski definition) is 0. The van der Waals surface area contributed by atoms with Crippen LogP contribution in [0.2, 0.25) is 0 Å². The molecule has 0 bridgehead atoms. The summed E-state index contributed by atoms with van der Waals surface area (Å²) in [5, 5.41) is 0. The van der Waals surface area contributed by atoms with Crippen molar-refractivity contribution in [2.45, 2.75) is 91.6 Å². The van der Waals surface area contributed by atoms with Gasteiger partial charge in [-0.1, -0.05) is 20.8 Å². The molecule has 4 aliphatic rings. The maximum Gasteiger partial charge on any atom is 0.508 e. The van der Waals surface area contributed by atoms with Crippen LogP contribution in [0.25, 0.3) is 0 Å². The molecule has 0 N–H and O–H groups in total. The predicted octanol–water partition coefficient (Wildman–Crippen LogP) is 5.13. The normalized spacial score (nSPS) is 41.3. The molecular formula is C28H42O7. The minimum atomic E-state index is -0.636. The highest BCUT2D eigenvalue weighted by Gasteiger charge is 2.66. The molecule has 4 fully saturated rings. The molecule has 0 aliphatic heterocycles. The third-order valence-electron chi connectivity index (χ3n) is 10.6. The van der Waals surface area contributed by atoms with Gasteiger partial charge in [-0.05, 0) is 80.5 Å². The molecular weight excluding hydrogens is 448 g/mol. The molecule has 0 heterocycles. The van der Waals surface area contributed by atoms with Crippen molar-refractivity contribution in [3.8, 4) is 0 Å². The summed E-state index contributed by atoms with van der Waals surface area (Å²) >= 11 is 0. The first-order valence-electron chi connectivity index (χ1n) is 13.5. The summed E-state index contributed by atoms with van der Waals surface area (Å²) in [5.41, 5.74) is -0.599. The van der Waals surface area contributed by atoms with Gasteiger partial charge in [-0.3, -0.25) is 14.4 Å². The summed E-state index contributed by atoms with van der Waals surface area (Å²) in [4.78, 5) is 51.1. The zero-order valence-corrected chi connectivity index (χ0v) is 22.0. The number of ether oxygens (including phenoxy) is 3. The largest absolute Gasteiger partial charge is 0.508 e. The molecule has 4 rings (SSSR count). The monoisotopic (exact) mass is 490 g/mol. The SMILES string of the molecule is CCOC(=O)OC1CCC2(C)C(CC(=O)C3C2CC(=O)C2(C)C(C(C)CCC(=O)OC)CCC32)C1. The Hall–Kier alpha value is -1.92. The Labute approximate surface area is 209 Å². The van der Waals surface area contributed by atoms with Gasteiger partial charge in [0.1, 0.15) is 17.7 Å². The van der Waals surface area contributed by atoms with E-state index in [1.165, 1.54) is 7.11 Å². The average Bonchev–Trinajstić information content (AvgIpc) is 3.17. The molecule has 0 amide bonds. The van der Waals surface area contributed by atoms with Gasteiger partial charge in [0.05, 0.1) is 13.7 Å². The Morgan fingerprint density at radius 2 is 1.83 bits per heavy atom. The lowest BCUT2D eigenvalue weighted by Crippen LogP contribution is -2.60. The maximum absolute atomic E-state index is 13.9. The van der Waals surface area contributed by atoms with Gasteiger partial charge in [0.2, 0.25) is 0 Å². The van der Waals surface area contributed by atoms with Crippen LogP contribution >= 0.6 is 0 Å². The number of ketones is 2. The lowest BCUT2D eigenvalue weighted by Gasteiger charge is -2.59. The number of hydrogen-bond acceptors (Lipinski definition) is 7. The highest BCUT2D eigenvalue weighted by molar-refractivity contribution is 5.92. The first kappa shape index (κ1) is 26.2. The Morgan fingerprint density at radius 3 is 2.51 bits per heavy atom. The fourth-order valence-corrected chi connectivity index (χ4v) is 8.60. The lowest BCUT2D eigenvalue weighted by molar-refractivity contribution is -0.169. The number of carbonyl (C=O) groups excluding carboxylic acids is 4. The van der Waals surface area contributed by atoms with Crippen LogP contribution in [0, 0.1) is 46.3 Å². The molecule has 0 spiro atoms. The van der Waals surface area contributed by atoms with Gasteiger partial charge in [0.25, 0.3) is 0 Å². The van der Waals surface area contributed by atoms with Crippen molar-refractivity contribution >= 4 is 23.7 Å². The Balaban J connectivity index is 1.52. The molecule has 0 aromatic rings. The van der Waals surface area contributed by atoms with E-state index in [4.69, 9.17) is 14.2 Å². The number of methoxy groups -OCH3 is 1. The minimum absolute atomic E-state index is 0.0620. The maximum atomic E-state index is 13.9. The molecule has 0 aromatic carbocycles. The van der Waals surface area contributed by atoms with Crippen molar-refractivity contribution in [2.24, 2.45) is 46.3 Å². The molecule has 9 unspecified atom stereocenters. The molecule has 0 aromatic heterocycles. The number of fused-ring (bicyclic) bond motifs is 5. The van der Waals surface area contributed by atoms with E-state index in [1.807, 2.05) is 0 Å². The van der Waals surface area contributed by atoms with Gasteiger partial charge in [-0.15, -0.1) is 0 Å². The second kappa shape index (κ2) is 9.85. The summed E-state index contributed by atoms with van der Waals surface area (Å²) in [5.74, 6) is 0.994. The second-order valence-corrected chi connectivity index (χ2v) is 12.0. The third-order valence-corrected chi connectivity index (χ3v) is 10.6. The zero-order chi connectivity index (χ0) is 25.5. The molecule has 4 aliphatic carbocycles. The zero-order valence-electron chi connectivity index (χ0n) is 22.0. The molecule has 196 valence electrons. The van der Waals surface area contributed by atoms with Crippen molar-refractivity contribution in [3.05, 3.63) is 0 Å². The van der Waals surface area contributed by atoms with E-state index >= 15 is 0 Å². The highest BCUT2D eigenvalue weighted by Crippen LogP contribution is 2.66. The van der Waals surface area contributed by atoms with Gasteiger partial charge in [0.15, 0.2) is 0 Å². The number of esters is 1. The van der Waals surface area contributed by atoms with Crippen molar-refractivity contribution in [3.63, 3.8) is 0 Å². The van der Waals surface area contributed by atoms with Gasteiger partial charge in [-0.25, -0.2) is 4.79 Å². The lowest BCUT2D eigenvalue weighted by atomic mass is 9.43. The first-order valence-corrected chi connectivity index (χ1v) is 13.5. The summed E-state index contributed by atoms with van der Waals surface area (Å²) < 4.78 is 15.3. The number of carbonyl (C=O) groups is 4. The van der Waals surface area contributed by atoms with Gasteiger partial charge < -0.3 is 14.2 Å². The van der Waals surface area contributed by atoms with Gasteiger partial charge >= 0.3 is 12.1 Å². The van der Waals surface area contributed by atoms with Gasteiger partial charge in [-0.2, -0.15) is 0 Å². The van der Waals surface area contributed by atoms with Crippen molar-refractivity contribution in [2.75, 3.05) is 13.7 Å². The van der Waals surface area contributed by atoms with Crippen LogP contribution in [-0.2, 0) is 28.6 Å².